The summed E-state index contributed by atoms with van der Waals surface area (Å²) >= 11 is 0. The summed E-state index contributed by atoms with van der Waals surface area (Å²) in [7, 11) is 0. The highest BCUT2D eigenvalue weighted by molar-refractivity contribution is 5.25. The largest absolute Gasteiger partial charge is 0.371 e. The van der Waals surface area contributed by atoms with E-state index >= 15 is 0 Å². The minimum Gasteiger partial charge on any atom is -0.371 e. The molecule has 1 aliphatic heterocycles. The van der Waals surface area contributed by atoms with Gasteiger partial charge in [0.05, 0.1) is 12.7 Å². The Hall–Kier alpha value is -0.860. The Bertz CT molecular complexity index is 350. The number of ether oxygens (including phenoxy) is 1. The molecule has 2 heteroatoms. The molecule has 2 unspecified atom stereocenters. The van der Waals surface area contributed by atoms with E-state index in [1.807, 2.05) is 0 Å². The lowest BCUT2D eigenvalue weighted by atomic mass is 9.99. The molecular weight excluding hydrogens is 222 g/mol. The summed E-state index contributed by atoms with van der Waals surface area (Å²) in [6, 6.07) is 9.45. The maximum absolute atomic E-state index is 5.93. The van der Waals surface area contributed by atoms with Crippen molar-refractivity contribution in [1.29, 1.82) is 0 Å². The zero-order valence-electron chi connectivity index (χ0n) is 11.8. The molecule has 2 atom stereocenters. The SMILES string of the molecule is CCC1COC(c2ccc(CC(C)C)cc2)CN1. The van der Waals surface area contributed by atoms with E-state index in [-0.39, 0.29) is 6.10 Å². The van der Waals surface area contributed by atoms with Crippen LogP contribution in [0.15, 0.2) is 24.3 Å². The number of hydrogen-bond donors (Lipinski definition) is 1. The summed E-state index contributed by atoms with van der Waals surface area (Å²) < 4.78 is 5.93. The van der Waals surface area contributed by atoms with Crippen LogP contribution in [0, 0.1) is 5.92 Å². The van der Waals surface area contributed by atoms with Crippen molar-refractivity contribution < 1.29 is 4.74 Å². The summed E-state index contributed by atoms with van der Waals surface area (Å²) in [5.41, 5.74) is 2.72. The van der Waals surface area contributed by atoms with Gasteiger partial charge in [-0.05, 0) is 29.9 Å². The molecule has 0 saturated carbocycles. The van der Waals surface area contributed by atoms with Crippen LogP contribution in [0.2, 0.25) is 0 Å². The quantitative estimate of drug-likeness (QED) is 0.881. The average molecular weight is 247 g/mol. The van der Waals surface area contributed by atoms with E-state index in [9.17, 15) is 0 Å². The lowest BCUT2D eigenvalue weighted by Crippen LogP contribution is -2.42. The van der Waals surface area contributed by atoms with Crippen molar-refractivity contribution in [1.82, 2.24) is 5.32 Å². The number of benzene rings is 1. The molecule has 1 aromatic carbocycles. The second-order valence-corrected chi connectivity index (χ2v) is 5.67. The van der Waals surface area contributed by atoms with Gasteiger partial charge in [-0.3, -0.25) is 0 Å². The Labute approximate surface area is 111 Å². The molecule has 0 amide bonds. The molecule has 0 bridgehead atoms. The van der Waals surface area contributed by atoms with Crippen molar-refractivity contribution in [2.75, 3.05) is 13.2 Å². The molecule has 1 aliphatic rings. The molecule has 18 heavy (non-hydrogen) atoms. The van der Waals surface area contributed by atoms with E-state index in [2.05, 4.69) is 50.4 Å². The van der Waals surface area contributed by atoms with E-state index in [0.29, 0.717) is 12.0 Å². The van der Waals surface area contributed by atoms with Crippen LogP contribution in [-0.4, -0.2) is 19.2 Å². The normalized spacial score (nSPS) is 24.4. The Morgan fingerprint density at radius 3 is 2.50 bits per heavy atom. The van der Waals surface area contributed by atoms with Gasteiger partial charge in [0.25, 0.3) is 0 Å². The number of rotatable bonds is 4. The topological polar surface area (TPSA) is 21.3 Å². The van der Waals surface area contributed by atoms with Crippen molar-refractivity contribution in [3.05, 3.63) is 35.4 Å². The smallest absolute Gasteiger partial charge is 0.0950 e. The van der Waals surface area contributed by atoms with Gasteiger partial charge in [0, 0.05) is 12.6 Å². The summed E-state index contributed by atoms with van der Waals surface area (Å²) in [4.78, 5) is 0. The zero-order chi connectivity index (χ0) is 13.0. The number of hydrogen-bond acceptors (Lipinski definition) is 2. The van der Waals surface area contributed by atoms with Gasteiger partial charge in [0.2, 0.25) is 0 Å². The molecule has 1 heterocycles. The van der Waals surface area contributed by atoms with Gasteiger partial charge in [0.1, 0.15) is 0 Å². The van der Waals surface area contributed by atoms with Gasteiger partial charge < -0.3 is 10.1 Å². The monoisotopic (exact) mass is 247 g/mol. The molecule has 0 spiro atoms. The van der Waals surface area contributed by atoms with Crippen LogP contribution in [0.1, 0.15) is 44.4 Å². The third-order valence-electron chi connectivity index (χ3n) is 3.58. The maximum Gasteiger partial charge on any atom is 0.0950 e. The van der Waals surface area contributed by atoms with Gasteiger partial charge in [-0.25, -0.2) is 0 Å². The molecule has 0 radical (unpaired) electrons. The lowest BCUT2D eigenvalue weighted by molar-refractivity contribution is 0.00222. The predicted octanol–water partition coefficient (Wildman–Crippen LogP) is 3.32. The highest BCUT2D eigenvalue weighted by atomic mass is 16.5. The first-order valence-electron chi connectivity index (χ1n) is 7.13. The Morgan fingerprint density at radius 1 is 1.28 bits per heavy atom. The maximum atomic E-state index is 5.93. The summed E-state index contributed by atoms with van der Waals surface area (Å²) in [5.74, 6) is 0.716. The first-order valence-corrected chi connectivity index (χ1v) is 7.13. The molecule has 100 valence electrons. The molecule has 0 aliphatic carbocycles. The molecule has 1 fully saturated rings. The second kappa shape index (κ2) is 6.35. The van der Waals surface area contributed by atoms with E-state index in [1.54, 1.807) is 0 Å². The second-order valence-electron chi connectivity index (χ2n) is 5.67. The van der Waals surface area contributed by atoms with Crippen molar-refractivity contribution in [2.24, 2.45) is 5.92 Å². The summed E-state index contributed by atoms with van der Waals surface area (Å²) in [5, 5.41) is 3.54. The molecular formula is C16H25NO. The Morgan fingerprint density at radius 2 is 2.00 bits per heavy atom. The van der Waals surface area contributed by atoms with Crippen LogP contribution >= 0.6 is 0 Å². The van der Waals surface area contributed by atoms with Crippen LogP contribution in [0.3, 0.4) is 0 Å². The third-order valence-corrected chi connectivity index (χ3v) is 3.58. The summed E-state index contributed by atoms with van der Waals surface area (Å²) in [6.45, 7) is 8.47. The Balaban J connectivity index is 1.93. The van der Waals surface area contributed by atoms with Crippen LogP contribution in [0.5, 0.6) is 0 Å². The van der Waals surface area contributed by atoms with E-state index in [1.165, 1.54) is 11.1 Å². The van der Waals surface area contributed by atoms with E-state index in [0.717, 1.165) is 26.0 Å². The van der Waals surface area contributed by atoms with Crippen LogP contribution in [0.4, 0.5) is 0 Å². The van der Waals surface area contributed by atoms with Crippen molar-refractivity contribution in [2.45, 2.75) is 45.8 Å². The first-order chi connectivity index (χ1) is 8.69. The minimum absolute atomic E-state index is 0.223. The fourth-order valence-corrected chi connectivity index (χ4v) is 2.44. The van der Waals surface area contributed by atoms with Crippen LogP contribution < -0.4 is 5.32 Å². The first kappa shape index (κ1) is 13.6. The highest BCUT2D eigenvalue weighted by Gasteiger charge is 2.20. The van der Waals surface area contributed by atoms with Crippen LogP contribution in [-0.2, 0) is 11.2 Å². The van der Waals surface area contributed by atoms with Gasteiger partial charge in [-0.2, -0.15) is 0 Å². The molecule has 2 rings (SSSR count). The van der Waals surface area contributed by atoms with Crippen molar-refractivity contribution in [3.8, 4) is 0 Å². The number of morpholine rings is 1. The lowest BCUT2D eigenvalue weighted by Gasteiger charge is -2.30. The van der Waals surface area contributed by atoms with Crippen LogP contribution in [0.25, 0.3) is 0 Å². The predicted molar refractivity (Wildman–Crippen MR) is 75.8 cm³/mol. The molecule has 0 aromatic heterocycles. The third kappa shape index (κ3) is 3.56. The van der Waals surface area contributed by atoms with Gasteiger partial charge in [-0.1, -0.05) is 45.0 Å². The Kier molecular flexibility index (Phi) is 4.79. The molecule has 1 N–H and O–H groups in total. The van der Waals surface area contributed by atoms with Gasteiger partial charge in [0.15, 0.2) is 0 Å². The van der Waals surface area contributed by atoms with Gasteiger partial charge >= 0.3 is 0 Å². The molecule has 2 nitrogen and oxygen atoms in total. The van der Waals surface area contributed by atoms with Gasteiger partial charge in [-0.15, -0.1) is 0 Å². The highest BCUT2D eigenvalue weighted by Crippen LogP contribution is 2.21. The molecule has 1 aromatic rings. The zero-order valence-corrected chi connectivity index (χ0v) is 11.8. The van der Waals surface area contributed by atoms with E-state index in [4.69, 9.17) is 4.74 Å². The van der Waals surface area contributed by atoms with E-state index < -0.39 is 0 Å². The fourth-order valence-electron chi connectivity index (χ4n) is 2.44. The average Bonchev–Trinajstić information content (AvgIpc) is 2.39. The standard InChI is InChI=1S/C16H25NO/c1-4-15-11-18-16(10-17-15)14-7-5-13(6-8-14)9-12(2)3/h5-8,12,15-17H,4,9-11H2,1-3H3. The summed E-state index contributed by atoms with van der Waals surface area (Å²) in [6.07, 6.45) is 2.52. The fraction of sp³-hybridized carbons (Fsp3) is 0.625. The number of nitrogens with one attached hydrogen (secondary N) is 1. The molecule has 1 saturated heterocycles. The minimum atomic E-state index is 0.223. The van der Waals surface area contributed by atoms with Crippen molar-refractivity contribution in [3.63, 3.8) is 0 Å². The van der Waals surface area contributed by atoms with Crippen molar-refractivity contribution >= 4 is 0 Å².